The highest BCUT2D eigenvalue weighted by Crippen LogP contribution is 2.44. The fraction of sp³-hybridized carbons (Fsp3) is 0.688. The predicted molar refractivity (Wildman–Crippen MR) is 82.1 cm³/mol. The van der Waals surface area contributed by atoms with Crippen molar-refractivity contribution in [3.8, 4) is 0 Å². The number of hydrogen-bond acceptors (Lipinski definition) is 4. The third-order valence-corrected chi connectivity index (χ3v) is 6.11. The summed E-state index contributed by atoms with van der Waals surface area (Å²) in [5.41, 5.74) is -0.488. The van der Waals surface area contributed by atoms with E-state index in [1.54, 1.807) is 11.3 Å². The molecular weight excluding hydrogens is 284 g/mol. The van der Waals surface area contributed by atoms with Gasteiger partial charge in [0.25, 0.3) is 0 Å². The molecule has 1 aliphatic carbocycles. The quantitative estimate of drug-likeness (QED) is 0.923. The lowest BCUT2D eigenvalue weighted by Gasteiger charge is -2.47. The van der Waals surface area contributed by atoms with Crippen LogP contribution in [0.25, 0.3) is 0 Å². The van der Waals surface area contributed by atoms with Gasteiger partial charge in [0.2, 0.25) is 5.91 Å². The average molecular weight is 306 g/mol. The molecule has 1 atom stereocenters. The topological polar surface area (TPSA) is 43.8 Å². The summed E-state index contributed by atoms with van der Waals surface area (Å²) in [5.74, 6) is 0.721. The van der Waals surface area contributed by atoms with Gasteiger partial charge in [-0.15, -0.1) is 11.3 Å². The first-order chi connectivity index (χ1) is 10.2. The van der Waals surface area contributed by atoms with Crippen LogP contribution in [0.15, 0.2) is 17.5 Å². The van der Waals surface area contributed by atoms with Gasteiger partial charge in [-0.2, -0.15) is 0 Å². The van der Waals surface area contributed by atoms with Crippen LogP contribution in [-0.2, 0) is 4.79 Å². The Morgan fingerprint density at radius 1 is 1.38 bits per heavy atom. The Bertz CT molecular complexity index is 520. The van der Waals surface area contributed by atoms with Crippen molar-refractivity contribution in [2.75, 3.05) is 26.2 Å². The maximum absolute atomic E-state index is 12.6. The Labute approximate surface area is 129 Å². The van der Waals surface area contributed by atoms with Gasteiger partial charge in [-0.25, -0.2) is 0 Å². The normalized spacial score (nSPS) is 28.6. The molecule has 0 spiro atoms. The molecule has 4 rings (SSSR count). The van der Waals surface area contributed by atoms with Gasteiger partial charge in [0.05, 0.1) is 18.2 Å². The molecule has 1 unspecified atom stereocenters. The molecule has 1 aromatic heterocycles. The fourth-order valence-corrected chi connectivity index (χ4v) is 4.72. The van der Waals surface area contributed by atoms with E-state index in [2.05, 4.69) is 22.4 Å². The Morgan fingerprint density at radius 2 is 2.19 bits per heavy atom. The molecule has 0 radical (unpaired) electrons. The molecule has 21 heavy (non-hydrogen) atoms. The molecule has 3 heterocycles. The molecular formula is C16H22N2O2S. The van der Waals surface area contributed by atoms with E-state index in [0.717, 1.165) is 32.2 Å². The Morgan fingerprint density at radius 3 is 2.86 bits per heavy atom. The van der Waals surface area contributed by atoms with Crippen LogP contribution in [0.2, 0.25) is 0 Å². The van der Waals surface area contributed by atoms with Crippen LogP contribution >= 0.6 is 11.3 Å². The van der Waals surface area contributed by atoms with E-state index in [9.17, 15) is 9.90 Å². The van der Waals surface area contributed by atoms with Crippen molar-refractivity contribution in [3.63, 3.8) is 0 Å². The second kappa shape index (κ2) is 5.07. The van der Waals surface area contributed by atoms with Crippen molar-refractivity contribution in [1.29, 1.82) is 0 Å². The highest BCUT2D eigenvalue weighted by Gasteiger charge is 2.52. The fourth-order valence-electron chi connectivity index (χ4n) is 3.84. The smallest absolute Gasteiger partial charge is 0.237 e. The van der Waals surface area contributed by atoms with Crippen LogP contribution in [0.3, 0.4) is 0 Å². The van der Waals surface area contributed by atoms with Gasteiger partial charge in [-0.3, -0.25) is 9.69 Å². The number of rotatable bonds is 4. The van der Waals surface area contributed by atoms with Crippen LogP contribution in [-0.4, -0.2) is 52.6 Å². The number of thiophene rings is 1. The zero-order valence-corrected chi connectivity index (χ0v) is 13.0. The molecule has 2 saturated heterocycles. The molecule has 3 aliphatic rings. The number of likely N-dealkylation sites (tertiary alicyclic amines) is 2. The van der Waals surface area contributed by atoms with E-state index in [1.807, 2.05) is 4.90 Å². The monoisotopic (exact) mass is 306 g/mol. The van der Waals surface area contributed by atoms with Gasteiger partial charge in [-0.1, -0.05) is 6.07 Å². The summed E-state index contributed by atoms with van der Waals surface area (Å²) in [5, 5.41) is 12.4. The summed E-state index contributed by atoms with van der Waals surface area (Å²) in [6, 6.07) is 4.48. The Balaban J connectivity index is 1.35. The van der Waals surface area contributed by atoms with Crippen LogP contribution in [0.1, 0.15) is 36.6 Å². The summed E-state index contributed by atoms with van der Waals surface area (Å²) in [7, 11) is 0. The standard InChI is InChI=1S/C16H22N2O2S/c19-15(9-17-10-16(20,11-17)12-5-6-12)18-7-1-3-13(18)14-4-2-8-21-14/h2,4,8,12-13,20H,1,3,5-7,9-11H2. The van der Waals surface area contributed by atoms with Gasteiger partial charge in [-0.05, 0) is 43.0 Å². The SMILES string of the molecule is O=C(CN1CC(O)(C2CC2)C1)N1CCCC1c1cccs1. The average Bonchev–Trinajstić information content (AvgIpc) is 2.96. The summed E-state index contributed by atoms with van der Waals surface area (Å²) in [6.07, 6.45) is 4.49. The lowest BCUT2D eigenvalue weighted by atomic mass is 9.89. The molecule has 2 aliphatic heterocycles. The van der Waals surface area contributed by atoms with Crippen LogP contribution < -0.4 is 0 Å². The van der Waals surface area contributed by atoms with Gasteiger partial charge in [0.15, 0.2) is 0 Å². The molecule has 4 nitrogen and oxygen atoms in total. The summed E-state index contributed by atoms with van der Waals surface area (Å²) in [4.78, 5) is 18.0. The summed E-state index contributed by atoms with van der Waals surface area (Å²) >= 11 is 1.74. The van der Waals surface area contributed by atoms with E-state index in [0.29, 0.717) is 25.6 Å². The van der Waals surface area contributed by atoms with Gasteiger partial charge < -0.3 is 10.0 Å². The minimum atomic E-state index is -0.488. The van der Waals surface area contributed by atoms with Crippen molar-refractivity contribution in [2.24, 2.45) is 5.92 Å². The minimum absolute atomic E-state index is 0.226. The molecule has 1 amide bonds. The first-order valence-electron chi connectivity index (χ1n) is 7.93. The molecule has 3 fully saturated rings. The lowest BCUT2D eigenvalue weighted by Crippen LogP contribution is -2.64. The lowest BCUT2D eigenvalue weighted by molar-refractivity contribution is -0.145. The van der Waals surface area contributed by atoms with Crippen molar-refractivity contribution in [3.05, 3.63) is 22.4 Å². The zero-order chi connectivity index (χ0) is 14.4. The number of carbonyl (C=O) groups is 1. The maximum Gasteiger partial charge on any atom is 0.237 e. The predicted octanol–water partition coefficient (Wildman–Crippen LogP) is 1.87. The van der Waals surface area contributed by atoms with Gasteiger partial charge >= 0.3 is 0 Å². The third kappa shape index (κ3) is 2.51. The highest BCUT2D eigenvalue weighted by atomic mass is 32.1. The van der Waals surface area contributed by atoms with Crippen LogP contribution in [0.5, 0.6) is 0 Å². The molecule has 1 N–H and O–H groups in total. The molecule has 1 saturated carbocycles. The molecule has 1 aromatic rings. The minimum Gasteiger partial charge on any atom is -0.387 e. The molecule has 5 heteroatoms. The number of aliphatic hydroxyl groups is 1. The number of nitrogens with zero attached hydrogens (tertiary/aromatic N) is 2. The second-order valence-corrected chi connectivity index (χ2v) is 7.76. The van der Waals surface area contributed by atoms with Gasteiger partial charge in [0, 0.05) is 24.5 Å². The van der Waals surface area contributed by atoms with E-state index >= 15 is 0 Å². The molecule has 0 aromatic carbocycles. The van der Waals surface area contributed by atoms with E-state index in [-0.39, 0.29) is 11.9 Å². The molecule has 114 valence electrons. The Hall–Kier alpha value is -0.910. The van der Waals surface area contributed by atoms with E-state index < -0.39 is 5.60 Å². The zero-order valence-electron chi connectivity index (χ0n) is 12.2. The van der Waals surface area contributed by atoms with Crippen molar-refractivity contribution >= 4 is 17.2 Å². The highest BCUT2D eigenvalue weighted by molar-refractivity contribution is 7.10. The van der Waals surface area contributed by atoms with Gasteiger partial charge in [0.1, 0.15) is 0 Å². The summed E-state index contributed by atoms with van der Waals surface area (Å²) < 4.78 is 0. The number of β-amino-alcohol motifs (C(OH)–C–C–N with tert-alkyl or cyclic N) is 1. The van der Waals surface area contributed by atoms with Crippen LogP contribution in [0.4, 0.5) is 0 Å². The van der Waals surface area contributed by atoms with E-state index in [1.165, 1.54) is 4.88 Å². The van der Waals surface area contributed by atoms with Crippen molar-refractivity contribution in [1.82, 2.24) is 9.80 Å². The van der Waals surface area contributed by atoms with Crippen LogP contribution in [0, 0.1) is 5.92 Å². The van der Waals surface area contributed by atoms with E-state index in [4.69, 9.17) is 0 Å². The number of hydrogen-bond donors (Lipinski definition) is 1. The maximum atomic E-state index is 12.6. The Kier molecular flexibility index (Phi) is 3.32. The first-order valence-corrected chi connectivity index (χ1v) is 8.81. The third-order valence-electron chi connectivity index (χ3n) is 5.14. The van der Waals surface area contributed by atoms with Crippen molar-refractivity contribution in [2.45, 2.75) is 37.3 Å². The largest absolute Gasteiger partial charge is 0.387 e. The summed E-state index contributed by atoms with van der Waals surface area (Å²) in [6.45, 7) is 2.71. The number of carbonyl (C=O) groups excluding carboxylic acids is 1. The number of amides is 1. The molecule has 0 bridgehead atoms. The van der Waals surface area contributed by atoms with Crippen molar-refractivity contribution < 1.29 is 9.90 Å². The first kappa shape index (κ1) is 13.7. The second-order valence-electron chi connectivity index (χ2n) is 6.78.